The normalized spacial score (nSPS) is 9.18. The number of aromatic nitrogens is 1. The van der Waals surface area contributed by atoms with Crippen LogP contribution in [-0.4, -0.2) is 19.1 Å². The SMILES string of the molecule is CN(C)c1ccncc1.Fc1ccc(I)cc1. The zero-order valence-electron chi connectivity index (χ0n) is 9.77. The van der Waals surface area contributed by atoms with Gasteiger partial charge in [0.2, 0.25) is 0 Å². The summed E-state index contributed by atoms with van der Waals surface area (Å²) in [5.41, 5.74) is 1.19. The number of benzene rings is 1. The maximum absolute atomic E-state index is 12.1. The third-order valence-corrected chi connectivity index (χ3v) is 2.70. The van der Waals surface area contributed by atoms with Crippen LogP contribution in [0.4, 0.5) is 10.1 Å². The van der Waals surface area contributed by atoms with E-state index in [2.05, 4.69) is 27.6 Å². The molecule has 0 saturated heterocycles. The predicted octanol–water partition coefficient (Wildman–Crippen LogP) is 3.58. The minimum Gasteiger partial charge on any atom is -0.378 e. The van der Waals surface area contributed by atoms with Gasteiger partial charge < -0.3 is 4.90 Å². The van der Waals surface area contributed by atoms with Crippen LogP contribution in [0.25, 0.3) is 0 Å². The van der Waals surface area contributed by atoms with Crippen molar-refractivity contribution in [1.29, 1.82) is 0 Å². The Balaban J connectivity index is 0.000000171. The summed E-state index contributed by atoms with van der Waals surface area (Å²) >= 11 is 2.13. The third kappa shape index (κ3) is 5.63. The summed E-state index contributed by atoms with van der Waals surface area (Å²) in [6, 6.07) is 10.3. The second-order valence-electron chi connectivity index (χ2n) is 3.54. The molecule has 2 aromatic rings. The quantitative estimate of drug-likeness (QED) is 0.736. The van der Waals surface area contributed by atoms with Crippen LogP contribution >= 0.6 is 22.6 Å². The van der Waals surface area contributed by atoms with Crippen LogP contribution in [0.15, 0.2) is 48.8 Å². The highest BCUT2D eigenvalue weighted by atomic mass is 127. The van der Waals surface area contributed by atoms with Crippen LogP contribution < -0.4 is 4.90 Å². The lowest BCUT2D eigenvalue weighted by Crippen LogP contribution is -2.07. The highest BCUT2D eigenvalue weighted by molar-refractivity contribution is 14.1. The number of halogens is 2. The molecule has 0 aliphatic heterocycles. The van der Waals surface area contributed by atoms with Gasteiger partial charge in [-0.15, -0.1) is 0 Å². The maximum atomic E-state index is 12.1. The molecule has 0 unspecified atom stereocenters. The number of anilines is 1. The van der Waals surface area contributed by atoms with E-state index in [-0.39, 0.29) is 5.82 Å². The average molecular weight is 344 g/mol. The highest BCUT2D eigenvalue weighted by Crippen LogP contribution is 2.05. The Kier molecular flexibility index (Phi) is 5.90. The molecule has 0 atom stereocenters. The van der Waals surface area contributed by atoms with Crippen molar-refractivity contribution in [3.8, 4) is 0 Å². The van der Waals surface area contributed by atoms with Gasteiger partial charge in [-0.2, -0.15) is 0 Å². The van der Waals surface area contributed by atoms with Gasteiger partial charge in [0.05, 0.1) is 0 Å². The molecule has 2 nitrogen and oxygen atoms in total. The van der Waals surface area contributed by atoms with Gasteiger partial charge in [-0.1, -0.05) is 0 Å². The van der Waals surface area contributed by atoms with Gasteiger partial charge in [-0.05, 0) is 59.0 Å². The largest absolute Gasteiger partial charge is 0.378 e. The van der Waals surface area contributed by atoms with E-state index in [4.69, 9.17) is 0 Å². The summed E-state index contributed by atoms with van der Waals surface area (Å²) < 4.78 is 13.1. The molecule has 0 bridgehead atoms. The third-order valence-electron chi connectivity index (χ3n) is 1.98. The van der Waals surface area contributed by atoms with Crippen LogP contribution in [0.5, 0.6) is 0 Å². The molecule has 1 aromatic heterocycles. The summed E-state index contributed by atoms with van der Waals surface area (Å²) in [5.74, 6) is -0.176. The first kappa shape index (κ1) is 13.9. The fraction of sp³-hybridized carbons (Fsp3) is 0.154. The lowest BCUT2D eigenvalue weighted by Gasteiger charge is -2.10. The van der Waals surface area contributed by atoms with E-state index in [0.717, 1.165) is 3.57 Å². The topological polar surface area (TPSA) is 16.1 Å². The Bertz CT molecular complexity index is 408. The minimum absolute atomic E-state index is 0.176. The van der Waals surface area contributed by atoms with Gasteiger partial charge in [0.25, 0.3) is 0 Å². The molecule has 90 valence electrons. The number of hydrogen-bond acceptors (Lipinski definition) is 2. The lowest BCUT2D eigenvalue weighted by molar-refractivity contribution is 0.627. The maximum Gasteiger partial charge on any atom is 0.123 e. The van der Waals surface area contributed by atoms with E-state index in [1.54, 1.807) is 24.5 Å². The standard InChI is InChI=1S/C7H10N2.C6H4FI/c1-9(2)7-3-5-8-6-4-7;7-5-1-3-6(8)4-2-5/h3-6H,1-2H3;1-4H. The zero-order chi connectivity index (χ0) is 12.7. The number of nitrogens with zero attached hydrogens (tertiary/aromatic N) is 2. The Hall–Kier alpha value is -1.17. The predicted molar refractivity (Wildman–Crippen MR) is 77.7 cm³/mol. The van der Waals surface area contributed by atoms with Crippen molar-refractivity contribution in [1.82, 2.24) is 4.98 Å². The second kappa shape index (κ2) is 7.21. The first-order valence-corrected chi connectivity index (χ1v) is 6.16. The summed E-state index contributed by atoms with van der Waals surface area (Å²) in [7, 11) is 4.02. The Labute approximate surface area is 115 Å². The minimum atomic E-state index is -0.176. The molecule has 1 heterocycles. The fourth-order valence-electron chi connectivity index (χ4n) is 1.07. The van der Waals surface area contributed by atoms with Gasteiger partial charge in [-0.3, -0.25) is 4.98 Å². The summed E-state index contributed by atoms with van der Waals surface area (Å²) in [6.07, 6.45) is 3.57. The molecule has 0 spiro atoms. The van der Waals surface area contributed by atoms with Crippen molar-refractivity contribution in [3.05, 3.63) is 58.2 Å². The Morgan fingerprint density at radius 1 is 1.00 bits per heavy atom. The molecular formula is C13H14FIN2. The monoisotopic (exact) mass is 344 g/mol. The van der Waals surface area contributed by atoms with Gasteiger partial charge in [0.1, 0.15) is 5.82 Å². The van der Waals surface area contributed by atoms with Crippen molar-refractivity contribution >= 4 is 28.3 Å². The first-order valence-electron chi connectivity index (χ1n) is 5.08. The molecule has 0 N–H and O–H groups in total. The van der Waals surface area contributed by atoms with Crippen molar-refractivity contribution in [2.75, 3.05) is 19.0 Å². The molecule has 2 rings (SSSR count). The van der Waals surface area contributed by atoms with Crippen molar-refractivity contribution in [3.63, 3.8) is 0 Å². The first-order chi connectivity index (χ1) is 8.09. The second-order valence-corrected chi connectivity index (χ2v) is 4.78. The van der Waals surface area contributed by atoms with Crippen molar-refractivity contribution in [2.24, 2.45) is 0 Å². The van der Waals surface area contributed by atoms with E-state index in [1.807, 2.05) is 31.1 Å². The number of hydrogen-bond donors (Lipinski definition) is 0. The summed E-state index contributed by atoms with van der Waals surface area (Å²) in [4.78, 5) is 5.94. The Morgan fingerprint density at radius 3 is 1.88 bits per heavy atom. The highest BCUT2D eigenvalue weighted by Gasteiger charge is 1.88. The molecule has 1 aromatic carbocycles. The van der Waals surface area contributed by atoms with Gasteiger partial charge in [-0.25, -0.2) is 4.39 Å². The molecule has 0 radical (unpaired) electrons. The van der Waals surface area contributed by atoms with E-state index in [9.17, 15) is 4.39 Å². The van der Waals surface area contributed by atoms with Crippen molar-refractivity contribution in [2.45, 2.75) is 0 Å². The molecule has 0 aliphatic carbocycles. The molecule has 4 heteroatoms. The van der Waals surface area contributed by atoms with E-state index < -0.39 is 0 Å². The molecule has 0 aliphatic rings. The molecule has 0 saturated carbocycles. The van der Waals surface area contributed by atoms with Crippen LogP contribution in [0.2, 0.25) is 0 Å². The lowest BCUT2D eigenvalue weighted by atomic mass is 10.4. The van der Waals surface area contributed by atoms with Crippen LogP contribution in [0.3, 0.4) is 0 Å². The average Bonchev–Trinajstić information content (AvgIpc) is 2.35. The fourth-order valence-corrected chi connectivity index (χ4v) is 1.43. The summed E-state index contributed by atoms with van der Waals surface area (Å²) in [6.45, 7) is 0. The van der Waals surface area contributed by atoms with Gasteiger partial charge in [0, 0.05) is 35.7 Å². The van der Waals surface area contributed by atoms with Crippen LogP contribution in [0, 0.1) is 9.39 Å². The number of pyridine rings is 1. The zero-order valence-corrected chi connectivity index (χ0v) is 11.9. The van der Waals surface area contributed by atoms with Gasteiger partial charge in [0.15, 0.2) is 0 Å². The van der Waals surface area contributed by atoms with Crippen molar-refractivity contribution < 1.29 is 4.39 Å². The van der Waals surface area contributed by atoms with E-state index in [1.165, 1.54) is 17.8 Å². The van der Waals surface area contributed by atoms with Crippen LogP contribution in [-0.2, 0) is 0 Å². The Morgan fingerprint density at radius 2 is 1.53 bits per heavy atom. The molecule has 17 heavy (non-hydrogen) atoms. The van der Waals surface area contributed by atoms with Crippen LogP contribution in [0.1, 0.15) is 0 Å². The molecule has 0 amide bonds. The van der Waals surface area contributed by atoms with E-state index >= 15 is 0 Å². The molecular weight excluding hydrogens is 330 g/mol. The summed E-state index contributed by atoms with van der Waals surface area (Å²) in [5, 5.41) is 0. The van der Waals surface area contributed by atoms with Gasteiger partial charge >= 0.3 is 0 Å². The van der Waals surface area contributed by atoms with E-state index in [0.29, 0.717) is 0 Å². The smallest absolute Gasteiger partial charge is 0.123 e. The number of rotatable bonds is 1. The molecule has 0 fully saturated rings.